The van der Waals surface area contributed by atoms with E-state index in [-0.39, 0.29) is 11.7 Å². The van der Waals surface area contributed by atoms with Crippen LogP contribution in [0.5, 0.6) is 0 Å². The number of sulfonamides is 1. The highest BCUT2D eigenvalue weighted by molar-refractivity contribution is 7.92. The van der Waals surface area contributed by atoms with Crippen LogP contribution in [0.2, 0.25) is 0 Å². The Morgan fingerprint density at radius 3 is 2.62 bits per heavy atom. The molecule has 1 aromatic carbocycles. The van der Waals surface area contributed by atoms with Gasteiger partial charge in [0.2, 0.25) is 10.0 Å². The lowest BCUT2D eigenvalue weighted by Crippen LogP contribution is -2.41. The highest BCUT2D eigenvalue weighted by Gasteiger charge is 2.27. The quantitative estimate of drug-likeness (QED) is 0.617. The summed E-state index contributed by atoms with van der Waals surface area (Å²) in [6.45, 7) is 6.00. The molecule has 178 valence electrons. The van der Waals surface area contributed by atoms with Crippen LogP contribution in [0, 0.1) is 5.92 Å². The van der Waals surface area contributed by atoms with Gasteiger partial charge in [-0.05, 0) is 55.5 Å². The number of hydrogen-bond acceptors (Lipinski definition) is 6. The van der Waals surface area contributed by atoms with Crippen molar-refractivity contribution in [2.24, 2.45) is 5.92 Å². The van der Waals surface area contributed by atoms with Gasteiger partial charge < -0.3 is 4.42 Å². The van der Waals surface area contributed by atoms with Gasteiger partial charge >= 0.3 is 0 Å². The van der Waals surface area contributed by atoms with Crippen LogP contribution in [0.15, 0.2) is 35.0 Å². The molecule has 2 aliphatic heterocycles. The molecular formula is C22H32N2O6S2. The lowest BCUT2D eigenvalue weighted by Gasteiger charge is -2.38. The minimum Gasteiger partial charge on any atom is -0.464 e. The Bertz CT molecular complexity index is 1170. The zero-order valence-electron chi connectivity index (χ0n) is 18.7. The molecular weight excluding hydrogens is 452 g/mol. The summed E-state index contributed by atoms with van der Waals surface area (Å²) >= 11 is 0. The summed E-state index contributed by atoms with van der Waals surface area (Å²) in [4.78, 5) is 2.57. The zero-order chi connectivity index (χ0) is 23.5. The largest absolute Gasteiger partial charge is 0.464 e. The number of anilines is 1. The smallest absolute Gasteiger partial charge is 0.261 e. The summed E-state index contributed by atoms with van der Waals surface area (Å²) in [7, 11) is -7.01. The van der Waals surface area contributed by atoms with Gasteiger partial charge in [0, 0.05) is 29.2 Å². The second-order valence-corrected chi connectivity index (χ2v) is 12.2. The number of piperidine rings is 1. The van der Waals surface area contributed by atoms with Gasteiger partial charge in [0.15, 0.2) is 0 Å². The number of rotatable bonds is 5. The highest BCUT2D eigenvalue weighted by atomic mass is 32.2. The predicted octanol–water partition coefficient (Wildman–Crippen LogP) is 3.98. The van der Waals surface area contributed by atoms with Crippen LogP contribution < -0.4 is 4.72 Å². The molecule has 2 N–H and O–H groups in total. The van der Waals surface area contributed by atoms with Crippen LogP contribution in [-0.4, -0.2) is 57.4 Å². The molecule has 1 unspecified atom stereocenters. The van der Waals surface area contributed by atoms with Crippen LogP contribution in [0.25, 0.3) is 16.5 Å². The third-order valence-electron chi connectivity index (χ3n) is 5.52. The number of nitrogens with zero attached hydrogens (tertiary/aromatic N) is 1. The monoisotopic (exact) mass is 484 g/mol. The van der Waals surface area contributed by atoms with Gasteiger partial charge in [-0.15, -0.1) is 0 Å². The molecule has 1 aromatic heterocycles. The first-order chi connectivity index (χ1) is 14.9. The molecule has 4 rings (SSSR count). The summed E-state index contributed by atoms with van der Waals surface area (Å²) in [5.41, 5.74) is 3.81. The van der Waals surface area contributed by atoms with E-state index in [2.05, 4.69) is 15.7 Å². The molecule has 0 bridgehead atoms. The van der Waals surface area contributed by atoms with E-state index < -0.39 is 20.1 Å². The predicted molar refractivity (Wildman–Crippen MR) is 128 cm³/mol. The molecule has 1 fully saturated rings. The molecule has 3 heterocycles. The molecule has 0 spiro atoms. The minimum atomic E-state index is -3.67. The van der Waals surface area contributed by atoms with E-state index in [0.29, 0.717) is 18.0 Å². The van der Waals surface area contributed by atoms with E-state index >= 15 is 0 Å². The lowest BCUT2D eigenvalue weighted by molar-refractivity contribution is 0.161. The van der Waals surface area contributed by atoms with E-state index in [9.17, 15) is 16.8 Å². The Balaban J connectivity index is 0.000000523. The van der Waals surface area contributed by atoms with Crippen molar-refractivity contribution in [1.82, 2.24) is 4.90 Å². The third kappa shape index (κ3) is 7.06. The van der Waals surface area contributed by atoms with Gasteiger partial charge in [0.1, 0.15) is 5.58 Å². The summed E-state index contributed by atoms with van der Waals surface area (Å²) in [5, 5.41) is 0.982. The fraction of sp³-hybridized carbons (Fsp3) is 0.545. The Hall–Kier alpha value is -1.88. The van der Waals surface area contributed by atoms with Crippen molar-refractivity contribution < 1.29 is 25.8 Å². The molecule has 2 aromatic rings. The van der Waals surface area contributed by atoms with Gasteiger partial charge in [-0.1, -0.05) is 26.3 Å². The van der Waals surface area contributed by atoms with Crippen molar-refractivity contribution in [3.8, 4) is 0 Å². The van der Waals surface area contributed by atoms with E-state index in [4.69, 9.17) is 8.97 Å². The Kier molecular flexibility index (Phi) is 7.69. The van der Waals surface area contributed by atoms with E-state index in [0.717, 1.165) is 29.5 Å². The topological polar surface area (TPSA) is 117 Å². The maximum atomic E-state index is 12.3. The molecule has 0 amide bonds. The Labute approximate surface area is 190 Å². The summed E-state index contributed by atoms with van der Waals surface area (Å²) in [6, 6.07) is 6.14. The fourth-order valence-electron chi connectivity index (χ4n) is 4.32. The van der Waals surface area contributed by atoms with E-state index in [1.54, 1.807) is 6.07 Å². The average molecular weight is 485 g/mol. The lowest BCUT2D eigenvalue weighted by atomic mass is 9.89. The minimum absolute atomic E-state index is 0.0848. The molecule has 1 atom stereocenters. The maximum Gasteiger partial charge on any atom is 0.261 e. The molecule has 0 radical (unpaired) electrons. The van der Waals surface area contributed by atoms with Crippen LogP contribution in [0.1, 0.15) is 45.1 Å². The van der Waals surface area contributed by atoms with Crippen LogP contribution in [0.4, 0.5) is 5.69 Å². The van der Waals surface area contributed by atoms with Crippen molar-refractivity contribution in [2.45, 2.75) is 45.6 Å². The van der Waals surface area contributed by atoms with Crippen LogP contribution in [-0.2, 0) is 20.1 Å². The molecule has 8 nitrogen and oxygen atoms in total. The molecule has 0 saturated carbocycles. The Morgan fingerprint density at radius 2 is 1.94 bits per heavy atom. The first kappa shape index (κ1) is 24.8. The van der Waals surface area contributed by atoms with Crippen molar-refractivity contribution >= 4 is 42.4 Å². The second kappa shape index (κ2) is 9.94. The second-order valence-electron chi connectivity index (χ2n) is 8.95. The number of nitrogens with one attached hydrogen (secondary N) is 1. The van der Waals surface area contributed by atoms with Crippen molar-refractivity contribution in [1.29, 1.82) is 0 Å². The number of benzene rings is 1. The highest BCUT2D eigenvalue weighted by Crippen LogP contribution is 2.36. The first-order valence-electron chi connectivity index (χ1n) is 10.8. The number of furan rings is 1. The number of fused-ring (bicyclic) bond motifs is 2. The van der Waals surface area contributed by atoms with E-state index in [1.807, 2.05) is 32.2 Å². The van der Waals surface area contributed by atoms with Crippen molar-refractivity contribution in [2.75, 3.05) is 29.8 Å². The van der Waals surface area contributed by atoms with Gasteiger partial charge in [0.25, 0.3) is 10.1 Å². The first-order valence-corrected chi connectivity index (χ1v) is 14.3. The molecule has 32 heavy (non-hydrogen) atoms. The summed E-state index contributed by atoms with van der Waals surface area (Å²) in [6.07, 6.45) is 9.75. The van der Waals surface area contributed by atoms with Crippen LogP contribution in [0.3, 0.4) is 0 Å². The molecule has 0 aliphatic carbocycles. The molecule has 10 heteroatoms. The molecule has 1 saturated heterocycles. The average Bonchev–Trinajstić information content (AvgIpc) is 3.08. The van der Waals surface area contributed by atoms with Crippen molar-refractivity contribution in [3.05, 3.63) is 36.1 Å². The Morgan fingerprint density at radius 1 is 1.22 bits per heavy atom. The maximum absolute atomic E-state index is 12.3. The van der Waals surface area contributed by atoms with Gasteiger partial charge in [0.05, 0.1) is 18.3 Å². The van der Waals surface area contributed by atoms with Crippen LogP contribution >= 0.6 is 0 Å². The third-order valence-corrected chi connectivity index (χ3v) is 7.17. The standard InChI is InChI=1S/C21H28N2O3S.CH4O3S/c1-15(2)14-27(24,25)22-17-6-7-21-19(12-17)20(13-26-21)16-8-10-23-9-4-3-5-18(23)11-16;1-5(2,3)4/h6-8,12-13,15,18,22H,3-5,9-11,14H2,1-2H3;1H3,(H,2,3,4). The summed E-state index contributed by atoms with van der Waals surface area (Å²) < 4.78 is 58.9. The number of hydrogen-bond donors (Lipinski definition) is 2. The fourth-order valence-corrected chi connectivity index (χ4v) is 5.76. The van der Waals surface area contributed by atoms with Gasteiger partial charge in [-0.3, -0.25) is 14.2 Å². The molecule has 2 aliphatic rings. The van der Waals surface area contributed by atoms with Gasteiger partial charge in [-0.2, -0.15) is 8.42 Å². The summed E-state index contributed by atoms with van der Waals surface area (Å²) in [5.74, 6) is 0.202. The van der Waals surface area contributed by atoms with E-state index in [1.165, 1.54) is 31.4 Å². The SMILES string of the molecule is CC(C)CS(=O)(=O)Nc1ccc2occ(C3=CCN4CCCCC4C3)c2c1.CS(=O)(=O)O. The van der Waals surface area contributed by atoms with Gasteiger partial charge in [-0.25, -0.2) is 8.42 Å². The van der Waals surface area contributed by atoms with Crippen molar-refractivity contribution in [3.63, 3.8) is 0 Å². The normalized spacial score (nSPS) is 19.8. The zero-order valence-corrected chi connectivity index (χ0v) is 20.4.